The van der Waals surface area contributed by atoms with Crippen molar-refractivity contribution in [3.8, 4) is 56.4 Å². The first kappa shape index (κ1) is 26.2. The van der Waals surface area contributed by atoms with Gasteiger partial charge in [0.2, 0.25) is 0 Å². The molecule has 41 heavy (non-hydrogen) atoms. The lowest BCUT2D eigenvalue weighted by atomic mass is 9.77. The molecule has 0 amide bonds. The number of ether oxygens (including phenoxy) is 2. The molecule has 4 aromatic carbocycles. The summed E-state index contributed by atoms with van der Waals surface area (Å²) in [6.45, 7) is 0. The summed E-state index contributed by atoms with van der Waals surface area (Å²) in [5.74, 6) is 2.26. The van der Waals surface area contributed by atoms with Gasteiger partial charge in [0.05, 0.1) is 14.2 Å². The number of phosphoric ester groups is 1. The van der Waals surface area contributed by atoms with Crippen LogP contribution in [0.2, 0.25) is 0 Å². The molecule has 0 unspecified atom stereocenters. The number of hydrogen-bond acceptors (Lipinski definition) is 5. The molecule has 7 rings (SSSR count). The molecule has 0 bridgehead atoms. The zero-order valence-corrected chi connectivity index (χ0v) is 24.3. The van der Waals surface area contributed by atoms with E-state index in [2.05, 4.69) is 12.1 Å². The molecule has 6 nitrogen and oxygen atoms in total. The second-order valence-corrected chi connectivity index (χ2v) is 12.4. The summed E-state index contributed by atoms with van der Waals surface area (Å²) in [6.07, 6.45) is 7.99. The summed E-state index contributed by atoms with van der Waals surface area (Å²) in [6, 6.07) is 19.8. The molecule has 1 heterocycles. The van der Waals surface area contributed by atoms with Crippen molar-refractivity contribution in [2.45, 2.75) is 51.4 Å². The maximum absolute atomic E-state index is 13.8. The predicted octanol–water partition coefficient (Wildman–Crippen LogP) is 8.33. The number of benzene rings is 4. The van der Waals surface area contributed by atoms with Crippen molar-refractivity contribution in [3.05, 3.63) is 82.9 Å². The highest BCUT2D eigenvalue weighted by atomic mass is 31.2. The van der Waals surface area contributed by atoms with E-state index in [1.807, 2.05) is 48.5 Å². The minimum atomic E-state index is -4.56. The first-order chi connectivity index (χ1) is 20.0. The van der Waals surface area contributed by atoms with E-state index < -0.39 is 7.82 Å². The van der Waals surface area contributed by atoms with Crippen molar-refractivity contribution in [1.29, 1.82) is 0 Å². The quantitative estimate of drug-likeness (QED) is 0.250. The maximum Gasteiger partial charge on any atom is 0.584 e. The molecular weight excluding hydrogens is 535 g/mol. The summed E-state index contributed by atoms with van der Waals surface area (Å²) < 4.78 is 37.1. The molecular formula is C34H33O6P. The van der Waals surface area contributed by atoms with E-state index in [4.69, 9.17) is 18.5 Å². The fraction of sp³-hybridized carbons (Fsp3) is 0.294. The molecule has 0 saturated heterocycles. The molecule has 0 saturated carbocycles. The third-order valence-corrected chi connectivity index (χ3v) is 9.46. The van der Waals surface area contributed by atoms with E-state index in [1.165, 1.54) is 22.3 Å². The van der Waals surface area contributed by atoms with Gasteiger partial charge in [-0.25, -0.2) is 4.57 Å². The van der Waals surface area contributed by atoms with Gasteiger partial charge in [0.25, 0.3) is 0 Å². The Balaban J connectivity index is 1.61. The Kier molecular flexibility index (Phi) is 6.56. The van der Waals surface area contributed by atoms with Crippen LogP contribution < -0.4 is 18.5 Å². The lowest BCUT2D eigenvalue weighted by Crippen LogP contribution is -2.10. The second kappa shape index (κ2) is 10.3. The lowest BCUT2D eigenvalue weighted by molar-refractivity contribution is 0.295. The fourth-order valence-corrected chi connectivity index (χ4v) is 7.63. The van der Waals surface area contributed by atoms with Crippen molar-refractivity contribution >= 4 is 7.82 Å². The van der Waals surface area contributed by atoms with Gasteiger partial charge >= 0.3 is 7.82 Å². The van der Waals surface area contributed by atoms with E-state index >= 15 is 0 Å². The maximum atomic E-state index is 13.8. The van der Waals surface area contributed by atoms with Gasteiger partial charge in [0.15, 0.2) is 0 Å². The van der Waals surface area contributed by atoms with Gasteiger partial charge in [0, 0.05) is 22.3 Å². The van der Waals surface area contributed by atoms with Crippen LogP contribution in [0.4, 0.5) is 0 Å². The van der Waals surface area contributed by atoms with Crippen LogP contribution >= 0.6 is 7.82 Å². The van der Waals surface area contributed by atoms with Crippen LogP contribution in [0.25, 0.3) is 33.4 Å². The Morgan fingerprint density at radius 1 is 0.659 bits per heavy atom. The fourth-order valence-electron chi connectivity index (χ4n) is 6.75. The summed E-state index contributed by atoms with van der Waals surface area (Å²) in [7, 11) is -1.28. The van der Waals surface area contributed by atoms with Crippen molar-refractivity contribution in [3.63, 3.8) is 0 Å². The van der Waals surface area contributed by atoms with Crippen LogP contribution in [-0.2, 0) is 30.2 Å². The molecule has 2 aliphatic carbocycles. The van der Waals surface area contributed by atoms with Gasteiger partial charge in [-0.2, -0.15) is 0 Å². The van der Waals surface area contributed by atoms with Gasteiger partial charge in [-0.3, -0.25) is 4.89 Å². The first-order valence-electron chi connectivity index (χ1n) is 14.3. The Bertz CT molecular complexity index is 1600. The third kappa shape index (κ3) is 4.60. The van der Waals surface area contributed by atoms with Crippen LogP contribution in [0.15, 0.2) is 60.7 Å². The molecule has 0 fully saturated rings. The Morgan fingerprint density at radius 2 is 1.10 bits per heavy atom. The molecule has 0 aromatic heterocycles. The zero-order chi connectivity index (χ0) is 28.1. The monoisotopic (exact) mass is 568 g/mol. The number of aryl methyl sites for hydroxylation is 2. The Hall–Kier alpha value is -3.73. The molecule has 1 aliphatic heterocycles. The number of hydrogen-bond donors (Lipinski definition) is 1. The van der Waals surface area contributed by atoms with Crippen LogP contribution in [0, 0.1) is 0 Å². The van der Waals surface area contributed by atoms with Crippen LogP contribution in [0.1, 0.15) is 47.9 Å². The number of methoxy groups -OCH3 is 2. The van der Waals surface area contributed by atoms with Crippen LogP contribution in [0.3, 0.4) is 0 Å². The van der Waals surface area contributed by atoms with Gasteiger partial charge in [-0.1, -0.05) is 24.3 Å². The minimum absolute atomic E-state index is 0.416. The first-order valence-corrected chi connectivity index (χ1v) is 15.8. The molecule has 1 N–H and O–H groups in total. The zero-order valence-electron chi connectivity index (χ0n) is 23.4. The van der Waals surface area contributed by atoms with Crippen molar-refractivity contribution in [2.24, 2.45) is 0 Å². The van der Waals surface area contributed by atoms with Gasteiger partial charge in [-0.05, 0) is 121 Å². The highest BCUT2D eigenvalue weighted by Gasteiger charge is 2.40. The Labute approximate surface area is 240 Å². The molecule has 0 spiro atoms. The summed E-state index contributed by atoms with van der Waals surface area (Å²) in [5, 5.41) is 0. The van der Waals surface area contributed by atoms with Gasteiger partial charge in [0.1, 0.15) is 23.0 Å². The van der Waals surface area contributed by atoms with Crippen LogP contribution in [0.5, 0.6) is 23.0 Å². The Morgan fingerprint density at radius 3 is 1.54 bits per heavy atom. The standard InChI is InChI=1S/C34H33O6P/c1-37-25-13-7-11-21(17-25)29-19-23-9-3-5-15-27(23)31-32-28-16-6-4-10-24(28)20-30(22-12-8-14-26(18-22)38-2)34(32)40-41(35,36)39-33(29)31/h7-8,11-14,17-20H,3-6,9-10,15-16H2,1-2H3,(H,35,36). The lowest BCUT2D eigenvalue weighted by Gasteiger charge is -2.28. The minimum Gasteiger partial charge on any atom is -0.497 e. The average Bonchev–Trinajstić information content (AvgIpc) is 3.13. The summed E-state index contributed by atoms with van der Waals surface area (Å²) >= 11 is 0. The van der Waals surface area contributed by atoms with E-state index in [0.29, 0.717) is 23.0 Å². The highest BCUT2D eigenvalue weighted by Crippen LogP contribution is 2.61. The van der Waals surface area contributed by atoms with Crippen molar-refractivity contribution in [2.75, 3.05) is 14.2 Å². The van der Waals surface area contributed by atoms with E-state index in [0.717, 1.165) is 84.7 Å². The normalized spacial score (nSPS) is 16.6. The van der Waals surface area contributed by atoms with Crippen molar-refractivity contribution < 1.29 is 28.0 Å². The molecule has 0 radical (unpaired) electrons. The molecule has 3 aliphatic rings. The van der Waals surface area contributed by atoms with Gasteiger partial charge in [-0.15, -0.1) is 0 Å². The van der Waals surface area contributed by atoms with E-state index in [-0.39, 0.29) is 0 Å². The number of fused-ring (bicyclic) bond motifs is 7. The number of rotatable bonds is 4. The van der Waals surface area contributed by atoms with E-state index in [9.17, 15) is 9.46 Å². The predicted molar refractivity (Wildman–Crippen MR) is 160 cm³/mol. The second-order valence-electron chi connectivity index (χ2n) is 11.1. The summed E-state index contributed by atoms with van der Waals surface area (Å²) in [5.41, 5.74) is 10.0. The van der Waals surface area contributed by atoms with Crippen molar-refractivity contribution in [1.82, 2.24) is 0 Å². The van der Waals surface area contributed by atoms with Gasteiger partial charge < -0.3 is 18.5 Å². The topological polar surface area (TPSA) is 74.2 Å². The summed E-state index contributed by atoms with van der Waals surface area (Å²) in [4.78, 5) is 11.3. The molecule has 210 valence electrons. The van der Waals surface area contributed by atoms with E-state index in [1.54, 1.807) is 14.2 Å². The SMILES string of the molecule is COc1cccc(-c2cc3c(c4c2OP(=O)(O)Oc2c(-c5cccc(OC)c5)cc5c(c2-4)CCCC5)CCCC3)c1. The molecule has 0 atom stereocenters. The molecule has 7 heteroatoms. The van der Waals surface area contributed by atoms with Crippen LogP contribution in [-0.4, -0.2) is 19.1 Å². The highest BCUT2D eigenvalue weighted by molar-refractivity contribution is 7.48. The average molecular weight is 569 g/mol. The molecule has 4 aromatic rings. The third-order valence-electron chi connectivity index (χ3n) is 8.63. The number of phosphoric acid groups is 1. The largest absolute Gasteiger partial charge is 0.584 e. The smallest absolute Gasteiger partial charge is 0.497 e.